The molecular weight excluding hydrogens is 210 g/mol. The third-order valence-corrected chi connectivity index (χ3v) is 4.56. The van der Waals surface area contributed by atoms with Gasteiger partial charge in [0.1, 0.15) is 0 Å². The van der Waals surface area contributed by atoms with Crippen LogP contribution < -0.4 is 5.32 Å². The molecule has 0 bridgehead atoms. The molecule has 0 amide bonds. The summed E-state index contributed by atoms with van der Waals surface area (Å²) in [5.41, 5.74) is 0.481. The zero-order valence-electron chi connectivity index (χ0n) is 12.0. The predicted octanol–water partition coefficient (Wildman–Crippen LogP) is 3.10. The number of hydrogen-bond acceptors (Lipinski definition) is 2. The summed E-state index contributed by atoms with van der Waals surface area (Å²) in [6.07, 6.45) is 6.96. The van der Waals surface area contributed by atoms with Gasteiger partial charge in [-0.15, -0.1) is 0 Å². The Labute approximate surface area is 106 Å². The van der Waals surface area contributed by atoms with Crippen LogP contribution in [0.5, 0.6) is 0 Å². The molecule has 2 nitrogen and oxygen atoms in total. The van der Waals surface area contributed by atoms with Crippen molar-refractivity contribution in [2.75, 3.05) is 6.54 Å². The van der Waals surface area contributed by atoms with E-state index in [2.05, 4.69) is 33.0 Å². The van der Waals surface area contributed by atoms with Gasteiger partial charge in [-0.2, -0.15) is 0 Å². The van der Waals surface area contributed by atoms with E-state index in [4.69, 9.17) is 0 Å². The summed E-state index contributed by atoms with van der Waals surface area (Å²) in [5.74, 6) is 0. The lowest BCUT2D eigenvalue weighted by molar-refractivity contribution is -0.0380. The van der Waals surface area contributed by atoms with Gasteiger partial charge in [0.2, 0.25) is 0 Å². The SMILES string of the molecule is CC1(C)CC(NCC2(O)CCC2)CC(C)(C)C1. The van der Waals surface area contributed by atoms with Crippen LogP contribution in [0.3, 0.4) is 0 Å². The first-order valence-corrected chi connectivity index (χ1v) is 7.16. The van der Waals surface area contributed by atoms with Gasteiger partial charge in [0.05, 0.1) is 5.60 Å². The zero-order valence-corrected chi connectivity index (χ0v) is 12.0. The van der Waals surface area contributed by atoms with Gasteiger partial charge >= 0.3 is 0 Å². The Balaban J connectivity index is 1.87. The first-order chi connectivity index (χ1) is 7.70. The Kier molecular flexibility index (Phi) is 3.33. The fourth-order valence-corrected chi connectivity index (χ4v) is 4.09. The van der Waals surface area contributed by atoms with Gasteiger partial charge in [-0.3, -0.25) is 0 Å². The van der Waals surface area contributed by atoms with Crippen LogP contribution in [0.25, 0.3) is 0 Å². The Bertz CT molecular complexity index is 263. The van der Waals surface area contributed by atoms with Gasteiger partial charge in [0.25, 0.3) is 0 Å². The average molecular weight is 239 g/mol. The summed E-state index contributed by atoms with van der Waals surface area (Å²) in [4.78, 5) is 0. The van der Waals surface area contributed by atoms with Crippen molar-refractivity contribution in [2.24, 2.45) is 10.8 Å². The first-order valence-electron chi connectivity index (χ1n) is 7.16. The van der Waals surface area contributed by atoms with E-state index >= 15 is 0 Å². The third-order valence-electron chi connectivity index (χ3n) is 4.56. The van der Waals surface area contributed by atoms with Crippen LogP contribution in [0.4, 0.5) is 0 Å². The second kappa shape index (κ2) is 4.24. The van der Waals surface area contributed by atoms with E-state index in [0.717, 1.165) is 19.4 Å². The lowest BCUT2D eigenvalue weighted by atomic mass is 9.63. The summed E-state index contributed by atoms with van der Waals surface area (Å²) in [6, 6.07) is 0.582. The van der Waals surface area contributed by atoms with Crippen molar-refractivity contribution in [2.45, 2.75) is 77.9 Å². The van der Waals surface area contributed by atoms with Crippen LogP contribution in [-0.2, 0) is 0 Å². The van der Waals surface area contributed by atoms with E-state index in [1.54, 1.807) is 0 Å². The maximum atomic E-state index is 10.1. The smallest absolute Gasteiger partial charge is 0.0771 e. The predicted molar refractivity (Wildman–Crippen MR) is 72.0 cm³/mol. The summed E-state index contributed by atoms with van der Waals surface area (Å²) in [7, 11) is 0. The van der Waals surface area contributed by atoms with Crippen LogP contribution in [0.2, 0.25) is 0 Å². The van der Waals surface area contributed by atoms with E-state index in [9.17, 15) is 5.11 Å². The minimum atomic E-state index is -0.383. The fourth-order valence-electron chi connectivity index (χ4n) is 4.09. The highest BCUT2D eigenvalue weighted by Gasteiger charge is 2.40. The molecule has 0 radical (unpaired) electrons. The molecule has 2 rings (SSSR count). The normalized spacial score (nSPS) is 30.9. The quantitative estimate of drug-likeness (QED) is 0.793. The first kappa shape index (κ1) is 13.4. The molecule has 100 valence electrons. The van der Waals surface area contributed by atoms with E-state index in [1.165, 1.54) is 25.7 Å². The van der Waals surface area contributed by atoms with E-state index in [1.807, 2.05) is 0 Å². The molecule has 2 N–H and O–H groups in total. The van der Waals surface area contributed by atoms with E-state index in [-0.39, 0.29) is 5.60 Å². The Morgan fingerprint density at radius 2 is 1.59 bits per heavy atom. The Hall–Kier alpha value is -0.0800. The van der Waals surface area contributed by atoms with Crippen LogP contribution >= 0.6 is 0 Å². The van der Waals surface area contributed by atoms with Crippen molar-refractivity contribution in [1.29, 1.82) is 0 Å². The number of rotatable bonds is 3. The van der Waals surface area contributed by atoms with Crippen LogP contribution in [0.15, 0.2) is 0 Å². The summed E-state index contributed by atoms with van der Waals surface area (Å²) in [5, 5.41) is 13.8. The maximum absolute atomic E-state index is 10.1. The van der Waals surface area contributed by atoms with Gasteiger partial charge < -0.3 is 10.4 Å². The van der Waals surface area contributed by atoms with Gasteiger partial charge in [-0.05, 0) is 49.4 Å². The average Bonchev–Trinajstić information content (AvgIpc) is 2.06. The standard InChI is InChI=1S/C15H29NO/c1-13(2)8-12(9-14(3,4)10-13)16-11-15(17)6-5-7-15/h12,16-17H,5-11H2,1-4H3. The maximum Gasteiger partial charge on any atom is 0.0771 e. The fraction of sp³-hybridized carbons (Fsp3) is 1.00. The molecule has 0 saturated heterocycles. The minimum absolute atomic E-state index is 0.383. The second-order valence-electron chi connectivity index (χ2n) is 8.07. The molecule has 0 atom stereocenters. The highest BCUT2D eigenvalue weighted by molar-refractivity contribution is 4.95. The van der Waals surface area contributed by atoms with E-state index in [0.29, 0.717) is 16.9 Å². The minimum Gasteiger partial charge on any atom is -0.389 e. The molecule has 2 aliphatic carbocycles. The Morgan fingerprint density at radius 3 is 2.00 bits per heavy atom. The van der Waals surface area contributed by atoms with Crippen LogP contribution in [0, 0.1) is 10.8 Å². The number of aliphatic hydroxyl groups is 1. The highest BCUT2D eigenvalue weighted by Crippen LogP contribution is 2.45. The molecule has 0 spiro atoms. The number of hydrogen-bond donors (Lipinski definition) is 2. The molecule has 0 aromatic rings. The van der Waals surface area contributed by atoms with Crippen molar-refractivity contribution in [3.8, 4) is 0 Å². The number of nitrogens with one attached hydrogen (secondary N) is 1. The van der Waals surface area contributed by atoms with Crippen molar-refractivity contribution in [1.82, 2.24) is 5.32 Å². The van der Waals surface area contributed by atoms with Crippen LogP contribution in [0.1, 0.15) is 66.2 Å². The van der Waals surface area contributed by atoms with Crippen molar-refractivity contribution < 1.29 is 5.11 Å². The van der Waals surface area contributed by atoms with E-state index < -0.39 is 0 Å². The van der Waals surface area contributed by atoms with Crippen molar-refractivity contribution in [3.63, 3.8) is 0 Å². The second-order valence-corrected chi connectivity index (χ2v) is 8.07. The highest BCUT2D eigenvalue weighted by atomic mass is 16.3. The van der Waals surface area contributed by atoms with Gasteiger partial charge in [-0.25, -0.2) is 0 Å². The molecule has 2 heteroatoms. The lowest BCUT2D eigenvalue weighted by Crippen LogP contribution is -2.52. The third kappa shape index (κ3) is 3.45. The monoisotopic (exact) mass is 239 g/mol. The summed E-state index contributed by atoms with van der Waals surface area (Å²) < 4.78 is 0. The Morgan fingerprint density at radius 1 is 1.06 bits per heavy atom. The van der Waals surface area contributed by atoms with Gasteiger partial charge in [0, 0.05) is 12.6 Å². The largest absolute Gasteiger partial charge is 0.389 e. The van der Waals surface area contributed by atoms with Gasteiger partial charge in [-0.1, -0.05) is 27.7 Å². The molecule has 0 aliphatic heterocycles. The van der Waals surface area contributed by atoms with Gasteiger partial charge in [0.15, 0.2) is 0 Å². The summed E-state index contributed by atoms with van der Waals surface area (Å²) in [6.45, 7) is 10.3. The molecule has 0 unspecified atom stereocenters. The molecular formula is C15H29NO. The zero-order chi connectivity index (χ0) is 12.7. The molecule has 2 fully saturated rings. The molecule has 17 heavy (non-hydrogen) atoms. The molecule has 2 aliphatic rings. The lowest BCUT2D eigenvalue weighted by Gasteiger charge is -2.46. The summed E-state index contributed by atoms with van der Waals surface area (Å²) >= 11 is 0. The van der Waals surface area contributed by atoms with Crippen molar-refractivity contribution >= 4 is 0 Å². The molecule has 0 heterocycles. The topological polar surface area (TPSA) is 32.3 Å². The van der Waals surface area contributed by atoms with Crippen LogP contribution in [-0.4, -0.2) is 23.3 Å². The van der Waals surface area contributed by atoms with Crippen molar-refractivity contribution in [3.05, 3.63) is 0 Å². The molecule has 2 saturated carbocycles. The molecule has 0 aromatic carbocycles. The molecule has 0 aromatic heterocycles.